The van der Waals surface area contributed by atoms with Crippen molar-refractivity contribution in [3.63, 3.8) is 0 Å². The molecule has 4 aromatic rings. The molecule has 4 aromatic heterocycles. The van der Waals surface area contributed by atoms with E-state index in [2.05, 4.69) is 42.1 Å². The van der Waals surface area contributed by atoms with Crippen molar-refractivity contribution in [1.82, 2.24) is 38.7 Å². The standard InChI is InChI=1S/C27H32FN9O2S/c1-5-35-12-19-14-36(15-20(19)13-35)40(38,39)21-6-7-24(29-10-21)33-27-31-11-22(28)25(34-27)18-8-23-26(30-9-18)32-17(4)37(23)16(2)3/h6-11,16,19-20H,5,12-15H2,1-4H3,(H,29,31,33,34). The number of imidazole rings is 1. The normalized spacial score (nSPS) is 20.1. The summed E-state index contributed by atoms with van der Waals surface area (Å²) in [5.41, 5.74) is 1.95. The largest absolute Gasteiger partial charge is 0.324 e. The van der Waals surface area contributed by atoms with Crippen molar-refractivity contribution in [2.24, 2.45) is 11.8 Å². The lowest BCUT2D eigenvalue weighted by molar-refractivity contribution is 0.310. The van der Waals surface area contributed by atoms with Gasteiger partial charge in [0.25, 0.3) is 0 Å². The molecule has 2 saturated heterocycles. The molecule has 2 atom stereocenters. The highest BCUT2D eigenvalue weighted by Gasteiger charge is 2.43. The third-order valence-corrected chi connectivity index (χ3v) is 9.66. The van der Waals surface area contributed by atoms with Crippen LogP contribution >= 0.6 is 0 Å². The van der Waals surface area contributed by atoms with Crippen LogP contribution in [0.4, 0.5) is 16.2 Å². The maximum atomic E-state index is 14.8. The summed E-state index contributed by atoms with van der Waals surface area (Å²) in [5, 5.41) is 2.95. The van der Waals surface area contributed by atoms with E-state index in [9.17, 15) is 12.8 Å². The fraction of sp³-hybridized carbons (Fsp3) is 0.444. The molecule has 13 heteroatoms. The zero-order valence-electron chi connectivity index (χ0n) is 22.9. The van der Waals surface area contributed by atoms with Gasteiger partial charge in [-0.15, -0.1) is 0 Å². The average molecular weight is 566 g/mol. The van der Waals surface area contributed by atoms with E-state index >= 15 is 0 Å². The quantitative estimate of drug-likeness (QED) is 0.358. The Bertz CT molecular complexity index is 1660. The molecule has 2 fully saturated rings. The molecule has 0 radical (unpaired) electrons. The number of hydrogen-bond acceptors (Lipinski definition) is 9. The van der Waals surface area contributed by atoms with Crippen molar-refractivity contribution < 1.29 is 12.8 Å². The first-order valence-corrected chi connectivity index (χ1v) is 14.9. The van der Waals surface area contributed by atoms with Gasteiger partial charge in [0.1, 0.15) is 22.2 Å². The summed E-state index contributed by atoms with van der Waals surface area (Å²) in [5.74, 6) is 1.45. The Kier molecular flexibility index (Phi) is 6.75. The molecule has 210 valence electrons. The van der Waals surface area contributed by atoms with Crippen LogP contribution in [0.25, 0.3) is 22.4 Å². The Labute approximate surface area is 232 Å². The minimum Gasteiger partial charge on any atom is -0.324 e. The second kappa shape index (κ2) is 10.1. The van der Waals surface area contributed by atoms with Crippen LogP contribution in [0.15, 0.2) is 41.7 Å². The van der Waals surface area contributed by atoms with E-state index in [1.54, 1.807) is 16.6 Å². The molecule has 0 bridgehead atoms. The maximum Gasteiger partial charge on any atom is 0.244 e. The van der Waals surface area contributed by atoms with Crippen molar-refractivity contribution in [1.29, 1.82) is 0 Å². The van der Waals surface area contributed by atoms with Crippen LogP contribution in [0.3, 0.4) is 0 Å². The van der Waals surface area contributed by atoms with E-state index in [1.165, 1.54) is 12.3 Å². The number of halogens is 1. The van der Waals surface area contributed by atoms with Crippen molar-refractivity contribution in [2.45, 2.75) is 38.6 Å². The third kappa shape index (κ3) is 4.71. The van der Waals surface area contributed by atoms with Gasteiger partial charge in [0.2, 0.25) is 16.0 Å². The van der Waals surface area contributed by atoms with Crippen LogP contribution in [-0.4, -0.2) is 79.8 Å². The van der Waals surface area contributed by atoms with Gasteiger partial charge in [-0.3, -0.25) is 0 Å². The molecule has 2 unspecified atom stereocenters. The topological polar surface area (TPSA) is 122 Å². The Morgan fingerprint density at radius 2 is 1.77 bits per heavy atom. The van der Waals surface area contributed by atoms with Crippen molar-refractivity contribution >= 4 is 33.0 Å². The summed E-state index contributed by atoms with van der Waals surface area (Å²) < 4.78 is 45.0. The number of hydrogen-bond donors (Lipinski definition) is 1. The molecular weight excluding hydrogens is 533 g/mol. The molecule has 6 rings (SSSR count). The third-order valence-electron chi connectivity index (χ3n) is 7.85. The van der Waals surface area contributed by atoms with Crippen LogP contribution < -0.4 is 5.32 Å². The minimum absolute atomic E-state index is 0.0847. The van der Waals surface area contributed by atoms with E-state index < -0.39 is 15.8 Å². The second-order valence-corrected chi connectivity index (χ2v) is 12.7. The lowest BCUT2D eigenvalue weighted by Gasteiger charge is -2.20. The van der Waals surface area contributed by atoms with Gasteiger partial charge >= 0.3 is 0 Å². The predicted octanol–water partition coefficient (Wildman–Crippen LogP) is 3.63. The Morgan fingerprint density at radius 1 is 1.02 bits per heavy atom. The molecule has 2 aliphatic heterocycles. The molecule has 0 amide bonds. The first kappa shape index (κ1) is 26.7. The summed E-state index contributed by atoms with van der Waals surface area (Å²) in [6, 6.07) is 5.06. The van der Waals surface area contributed by atoms with E-state index in [0.29, 0.717) is 42.0 Å². The number of fused-ring (bicyclic) bond motifs is 2. The zero-order chi connectivity index (χ0) is 28.2. The zero-order valence-corrected chi connectivity index (χ0v) is 23.7. The van der Waals surface area contributed by atoms with Gasteiger partial charge in [-0.1, -0.05) is 6.92 Å². The van der Waals surface area contributed by atoms with Crippen LogP contribution in [0.1, 0.15) is 32.6 Å². The lowest BCUT2D eigenvalue weighted by Crippen LogP contribution is -2.33. The van der Waals surface area contributed by atoms with Crippen LogP contribution in [0.5, 0.6) is 0 Å². The first-order chi connectivity index (χ1) is 19.1. The monoisotopic (exact) mass is 565 g/mol. The average Bonchev–Trinajstić information content (AvgIpc) is 3.60. The highest BCUT2D eigenvalue weighted by atomic mass is 32.2. The highest BCUT2D eigenvalue weighted by molar-refractivity contribution is 7.89. The van der Waals surface area contributed by atoms with Crippen molar-refractivity contribution in [2.75, 3.05) is 38.0 Å². The van der Waals surface area contributed by atoms with Crippen molar-refractivity contribution in [3.05, 3.63) is 48.4 Å². The summed E-state index contributed by atoms with van der Waals surface area (Å²) in [7, 11) is -3.64. The molecule has 0 aliphatic carbocycles. The minimum atomic E-state index is -3.64. The summed E-state index contributed by atoms with van der Waals surface area (Å²) >= 11 is 0. The van der Waals surface area contributed by atoms with Gasteiger partial charge in [0, 0.05) is 50.2 Å². The predicted molar refractivity (Wildman–Crippen MR) is 149 cm³/mol. The number of anilines is 2. The number of nitrogens with zero attached hydrogens (tertiary/aromatic N) is 8. The molecule has 1 N–H and O–H groups in total. The Hall–Kier alpha value is -3.55. The summed E-state index contributed by atoms with van der Waals surface area (Å²) in [4.78, 5) is 24.1. The van der Waals surface area contributed by atoms with Gasteiger partial charge in [-0.25, -0.2) is 37.7 Å². The number of likely N-dealkylation sites (tertiary alicyclic amines) is 1. The SMILES string of the molecule is CCN1CC2CN(S(=O)(=O)c3ccc(Nc4ncc(F)c(-c5cnc6nc(C)n(C(C)C)c6c5)n4)nc3)CC2C1. The number of pyridine rings is 2. The number of sulfonamides is 1. The fourth-order valence-corrected chi connectivity index (χ4v) is 7.37. The van der Waals surface area contributed by atoms with Gasteiger partial charge in [0.05, 0.1) is 11.7 Å². The highest BCUT2D eigenvalue weighted by Crippen LogP contribution is 2.34. The number of nitrogens with one attached hydrogen (secondary N) is 1. The maximum absolute atomic E-state index is 14.8. The van der Waals surface area contributed by atoms with Crippen LogP contribution in [0.2, 0.25) is 0 Å². The molecular formula is C27H32FN9O2S. The van der Waals surface area contributed by atoms with E-state index in [-0.39, 0.29) is 22.6 Å². The summed E-state index contributed by atoms with van der Waals surface area (Å²) in [6.45, 7) is 12.1. The molecule has 6 heterocycles. The molecule has 0 spiro atoms. The molecule has 40 heavy (non-hydrogen) atoms. The molecule has 0 saturated carbocycles. The van der Waals surface area contributed by atoms with Gasteiger partial charge < -0.3 is 14.8 Å². The molecule has 11 nitrogen and oxygen atoms in total. The smallest absolute Gasteiger partial charge is 0.244 e. The van der Waals surface area contributed by atoms with Crippen LogP contribution in [-0.2, 0) is 10.0 Å². The fourth-order valence-electron chi connectivity index (χ4n) is 5.87. The number of aryl methyl sites for hydroxylation is 1. The van der Waals surface area contributed by atoms with Gasteiger partial charge in [-0.2, -0.15) is 4.31 Å². The van der Waals surface area contributed by atoms with Crippen molar-refractivity contribution in [3.8, 4) is 11.3 Å². The van der Waals surface area contributed by atoms with E-state index in [0.717, 1.165) is 37.2 Å². The molecule has 2 aliphatic rings. The Morgan fingerprint density at radius 3 is 2.42 bits per heavy atom. The Balaban J connectivity index is 1.20. The van der Waals surface area contributed by atoms with Gasteiger partial charge in [-0.05, 0) is 57.4 Å². The first-order valence-electron chi connectivity index (χ1n) is 13.5. The second-order valence-electron chi connectivity index (χ2n) is 10.8. The number of aromatic nitrogens is 6. The number of rotatable bonds is 7. The van der Waals surface area contributed by atoms with E-state index in [1.807, 2.05) is 31.4 Å². The van der Waals surface area contributed by atoms with E-state index in [4.69, 9.17) is 0 Å². The summed E-state index contributed by atoms with van der Waals surface area (Å²) in [6.07, 6.45) is 3.96. The van der Waals surface area contributed by atoms with Crippen LogP contribution in [0, 0.1) is 24.6 Å². The molecule has 0 aromatic carbocycles. The van der Waals surface area contributed by atoms with Gasteiger partial charge in [0.15, 0.2) is 11.5 Å². The lowest BCUT2D eigenvalue weighted by atomic mass is 10.0.